The summed E-state index contributed by atoms with van der Waals surface area (Å²) in [6, 6.07) is 16.5. The maximum atomic E-state index is 13.7. The second-order valence-electron chi connectivity index (χ2n) is 7.13. The van der Waals surface area contributed by atoms with E-state index in [4.69, 9.17) is 23.2 Å². The number of imide groups is 1. The lowest BCUT2D eigenvalue weighted by atomic mass is 10.00. The highest BCUT2D eigenvalue weighted by Crippen LogP contribution is 2.42. The van der Waals surface area contributed by atoms with Crippen molar-refractivity contribution in [1.29, 1.82) is 0 Å². The summed E-state index contributed by atoms with van der Waals surface area (Å²) in [5.74, 6) is -0.769. The Kier molecular flexibility index (Phi) is 4.89. The molecule has 0 spiro atoms. The predicted octanol–water partition coefficient (Wildman–Crippen LogP) is 5.79. The molecule has 0 N–H and O–H groups in total. The maximum Gasteiger partial charge on any atom is 0.282 e. The zero-order valence-corrected chi connectivity index (χ0v) is 18.1. The highest BCUT2D eigenvalue weighted by Gasteiger charge is 2.44. The van der Waals surface area contributed by atoms with E-state index in [9.17, 15) is 9.59 Å². The monoisotopic (exact) mass is 454 g/mol. The third kappa shape index (κ3) is 3.05. The summed E-state index contributed by atoms with van der Waals surface area (Å²) >= 11 is 13.9. The van der Waals surface area contributed by atoms with Gasteiger partial charge in [-0.25, -0.2) is 4.90 Å². The van der Waals surface area contributed by atoms with Crippen molar-refractivity contribution in [2.24, 2.45) is 0 Å². The van der Waals surface area contributed by atoms with E-state index >= 15 is 0 Å². The first-order valence-electron chi connectivity index (χ1n) is 9.53. The second-order valence-corrected chi connectivity index (χ2v) is 8.92. The van der Waals surface area contributed by atoms with Gasteiger partial charge in [-0.1, -0.05) is 47.5 Å². The molecule has 3 aromatic rings. The Morgan fingerprint density at radius 1 is 0.900 bits per heavy atom. The molecule has 0 bridgehead atoms. The smallest absolute Gasteiger partial charge is 0.282 e. The van der Waals surface area contributed by atoms with Gasteiger partial charge in [-0.05, 0) is 54.1 Å². The molecule has 0 atom stereocenters. The summed E-state index contributed by atoms with van der Waals surface area (Å²) < 4.78 is 0. The molecule has 0 saturated carbocycles. The molecule has 4 nitrogen and oxygen atoms in total. The number of carbonyl (C=O) groups excluding carboxylic acids is 2. The average molecular weight is 455 g/mol. The molecule has 2 aliphatic rings. The second kappa shape index (κ2) is 7.58. The molecule has 150 valence electrons. The molecule has 0 saturated heterocycles. The van der Waals surface area contributed by atoms with Gasteiger partial charge in [0.2, 0.25) is 0 Å². The first-order chi connectivity index (χ1) is 14.6. The topological polar surface area (TPSA) is 40.6 Å². The molecule has 7 heteroatoms. The molecule has 30 heavy (non-hydrogen) atoms. The van der Waals surface area contributed by atoms with Crippen LogP contribution in [-0.2, 0) is 16.0 Å². The molecule has 2 aromatic carbocycles. The maximum absolute atomic E-state index is 13.7. The Morgan fingerprint density at radius 3 is 2.53 bits per heavy atom. The summed E-state index contributed by atoms with van der Waals surface area (Å²) in [4.78, 5) is 31.2. The summed E-state index contributed by atoms with van der Waals surface area (Å²) in [6.45, 7) is 0.664. The Morgan fingerprint density at radius 2 is 1.73 bits per heavy atom. The van der Waals surface area contributed by atoms with E-state index < -0.39 is 0 Å². The highest BCUT2D eigenvalue weighted by atomic mass is 35.5. The van der Waals surface area contributed by atoms with Gasteiger partial charge in [-0.2, -0.15) is 0 Å². The van der Waals surface area contributed by atoms with Crippen molar-refractivity contribution in [2.45, 2.75) is 12.8 Å². The highest BCUT2D eigenvalue weighted by molar-refractivity contribution is 7.11. The predicted molar refractivity (Wildman–Crippen MR) is 122 cm³/mol. The van der Waals surface area contributed by atoms with Crippen LogP contribution in [0.25, 0.3) is 5.57 Å². The van der Waals surface area contributed by atoms with Crippen LogP contribution in [0, 0.1) is 0 Å². The van der Waals surface area contributed by atoms with Crippen molar-refractivity contribution in [3.05, 3.63) is 86.2 Å². The largest absolute Gasteiger partial charge is 0.336 e. The minimum atomic E-state index is -0.385. The normalized spacial score (nSPS) is 16.5. The van der Waals surface area contributed by atoms with Crippen molar-refractivity contribution in [3.63, 3.8) is 0 Å². The number of hydrogen-bond acceptors (Lipinski definition) is 4. The number of nitrogens with zero attached hydrogens (tertiary/aromatic N) is 2. The van der Waals surface area contributed by atoms with Crippen LogP contribution in [0.4, 0.5) is 11.4 Å². The first kappa shape index (κ1) is 19.4. The summed E-state index contributed by atoms with van der Waals surface area (Å²) in [5.41, 5.74) is 3.23. The standard InChI is InChI=1S/C23H16Cl2N2O2S/c24-15-9-10-16(25)18(13-15)27-22(28)20(19-8-4-12-30-19)21(23(27)29)26-11-3-6-14-5-1-2-7-17(14)26/h1-2,4-5,7-10,12-13H,3,6,11H2. The van der Waals surface area contributed by atoms with Gasteiger partial charge in [0.15, 0.2) is 0 Å². The summed E-state index contributed by atoms with van der Waals surface area (Å²) in [7, 11) is 0. The number of rotatable bonds is 3. The molecular weight excluding hydrogens is 439 g/mol. The van der Waals surface area contributed by atoms with Gasteiger partial charge >= 0.3 is 0 Å². The van der Waals surface area contributed by atoms with E-state index in [1.807, 2.05) is 40.6 Å². The van der Waals surface area contributed by atoms with Crippen LogP contribution < -0.4 is 9.80 Å². The number of para-hydroxylation sites is 1. The lowest BCUT2D eigenvalue weighted by Gasteiger charge is -2.32. The summed E-state index contributed by atoms with van der Waals surface area (Å²) in [5, 5.41) is 2.60. The van der Waals surface area contributed by atoms with Gasteiger partial charge in [0, 0.05) is 22.1 Å². The molecule has 2 aliphatic heterocycles. The third-order valence-corrected chi connectivity index (χ3v) is 6.80. The Hall–Kier alpha value is -2.60. The molecule has 5 rings (SSSR count). The molecule has 3 heterocycles. The number of carbonyl (C=O) groups is 2. The minimum absolute atomic E-state index is 0.298. The lowest BCUT2D eigenvalue weighted by molar-refractivity contribution is -0.120. The van der Waals surface area contributed by atoms with Crippen LogP contribution in [0.5, 0.6) is 0 Å². The number of aryl methyl sites for hydroxylation is 1. The summed E-state index contributed by atoms with van der Waals surface area (Å²) in [6.07, 6.45) is 1.85. The number of thiophene rings is 1. The van der Waals surface area contributed by atoms with Crippen molar-refractivity contribution in [3.8, 4) is 0 Å². The van der Waals surface area contributed by atoms with E-state index in [0.717, 1.165) is 28.3 Å². The molecule has 1 aromatic heterocycles. The van der Waals surface area contributed by atoms with E-state index in [0.29, 0.717) is 33.5 Å². The molecule has 2 amide bonds. The quantitative estimate of drug-likeness (QED) is 0.470. The van der Waals surface area contributed by atoms with Crippen molar-refractivity contribution in [2.75, 3.05) is 16.3 Å². The van der Waals surface area contributed by atoms with Gasteiger partial charge in [0.05, 0.1) is 16.3 Å². The number of anilines is 2. The van der Waals surface area contributed by atoms with E-state index in [2.05, 4.69) is 6.07 Å². The zero-order valence-electron chi connectivity index (χ0n) is 15.8. The van der Waals surface area contributed by atoms with E-state index in [1.54, 1.807) is 18.2 Å². The lowest BCUT2D eigenvalue weighted by Crippen LogP contribution is -2.37. The van der Waals surface area contributed by atoms with Crippen LogP contribution in [0.1, 0.15) is 16.9 Å². The van der Waals surface area contributed by atoms with Crippen LogP contribution >= 0.6 is 34.5 Å². The Balaban J connectivity index is 1.70. The van der Waals surface area contributed by atoms with Gasteiger partial charge in [0.25, 0.3) is 11.8 Å². The fourth-order valence-electron chi connectivity index (χ4n) is 4.05. The van der Waals surface area contributed by atoms with Gasteiger partial charge in [0.1, 0.15) is 5.70 Å². The van der Waals surface area contributed by atoms with Crippen LogP contribution in [0.3, 0.4) is 0 Å². The number of halogens is 2. The Bertz CT molecular complexity index is 1200. The third-order valence-electron chi connectivity index (χ3n) is 5.36. The van der Waals surface area contributed by atoms with Crippen molar-refractivity contribution in [1.82, 2.24) is 0 Å². The fourth-order valence-corrected chi connectivity index (χ4v) is 5.18. The van der Waals surface area contributed by atoms with Crippen molar-refractivity contribution >= 4 is 63.3 Å². The van der Waals surface area contributed by atoms with Crippen LogP contribution in [0.15, 0.2) is 65.7 Å². The molecule has 0 radical (unpaired) electrons. The van der Waals surface area contributed by atoms with Crippen LogP contribution in [-0.4, -0.2) is 18.4 Å². The minimum Gasteiger partial charge on any atom is -0.336 e. The zero-order chi connectivity index (χ0) is 20.8. The number of benzene rings is 2. The average Bonchev–Trinajstić information content (AvgIpc) is 3.36. The number of amides is 2. The van der Waals surface area contributed by atoms with Gasteiger partial charge in [-0.15, -0.1) is 11.3 Å². The fraction of sp³-hybridized carbons (Fsp3) is 0.130. The Labute approximate surface area is 187 Å². The van der Waals surface area contributed by atoms with Gasteiger partial charge < -0.3 is 4.90 Å². The SMILES string of the molecule is O=C1C(c2cccs2)=C(N2CCCc3ccccc32)C(=O)N1c1cc(Cl)ccc1Cl. The number of fused-ring (bicyclic) bond motifs is 1. The van der Waals surface area contributed by atoms with Crippen LogP contribution in [0.2, 0.25) is 10.0 Å². The van der Waals surface area contributed by atoms with E-state index in [1.165, 1.54) is 16.9 Å². The molecule has 0 aliphatic carbocycles. The first-order valence-corrected chi connectivity index (χ1v) is 11.2. The van der Waals surface area contributed by atoms with Gasteiger partial charge in [-0.3, -0.25) is 9.59 Å². The molecule has 0 unspecified atom stereocenters. The molecule has 0 fully saturated rings. The molecular formula is C23H16Cl2N2O2S. The number of hydrogen-bond donors (Lipinski definition) is 0. The van der Waals surface area contributed by atoms with E-state index in [-0.39, 0.29) is 11.8 Å². The van der Waals surface area contributed by atoms with Crippen molar-refractivity contribution < 1.29 is 9.59 Å².